The summed E-state index contributed by atoms with van der Waals surface area (Å²) >= 11 is 0. The Morgan fingerprint density at radius 3 is 2.52 bits per heavy atom. The Labute approximate surface area is 120 Å². The Bertz CT molecular complexity index is 523. The van der Waals surface area contributed by atoms with Crippen LogP contribution in [0.4, 0.5) is 13.2 Å². The van der Waals surface area contributed by atoms with E-state index in [0.717, 1.165) is 23.6 Å². The molecule has 1 fully saturated rings. The Morgan fingerprint density at radius 2 is 2.14 bits per heavy atom. The normalized spacial score (nSPS) is 18.8. The average molecular weight is 305 g/mol. The van der Waals surface area contributed by atoms with Gasteiger partial charge in [0.25, 0.3) is 0 Å². The van der Waals surface area contributed by atoms with E-state index in [0.29, 0.717) is 0 Å². The van der Waals surface area contributed by atoms with E-state index in [9.17, 15) is 23.1 Å². The Hall–Kier alpha value is -1.57. The zero-order chi connectivity index (χ0) is 15.8. The monoisotopic (exact) mass is 305 g/mol. The summed E-state index contributed by atoms with van der Waals surface area (Å²) in [5.41, 5.74) is -2.29. The number of carboxylic acid groups (broad SMARTS) is 1. The molecule has 1 unspecified atom stereocenters. The molecule has 0 aromatic carbocycles. The van der Waals surface area contributed by atoms with Crippen LogP contribution in [0.3, 0.4) is 0 Å². The maximum absolute atomic E-state index is 12.6. The van der Waals surface area contributed by atoms with Gasteiger partial charge >= 0.3 is 12.1 Å². The second kappa shape index (κ2) is 5.32. The third-order valence-corrected chi connectivity index (χ3v) is 3.54. The van der Waals surface area contributed by atoms with E-state index in [-0.39, 0.29) is 18.5 Å². The lowest BCUT2D eigenvalue weighted by atomic mass is 9.92. The molecule has 0 radical (unpaired) electrons. The van der Waals surface area contributed by atoms with Crippen LogP contribution in [0.2, 0.25) is 0 Å². The Morgan fingerprint density at radius 1 is 1.52 bits per heavy atom. The quantitative estimate of drug-likeness (QED) is 0.845. The topological polar surface area (TPSA) is 67.2 Å². The van der Waals surface area contributed by atoms with Gasteiger partial charge in [0.05, 0.1) is 6.54 Å². The van der Waals surface area contributed by atoms with Crippen LogP contribution in [0.1, 0.15) is 32.4 Å². The summed E-state index contributed by atoms with van der Waals surface area (Å²) in [6.45, 7) is 3.50. The van der Waals surface area contributed by atoms with E-state index in [1.54, 1.807) is 0 Å². The number of hydrogen-bond acceptors (Lipinski definition) is 3. The molecule has 1 aromatic heterocycles. The lowest BCUT2D eigenvalue weighted by Crippen LogP contribution is -2.59. The van der Waals surface area contributed by atoms with E-state index in [1.165, 1.54) is 6.20 Å². The molecule has 1 aromatic rings. The van der Waals surface area contributed by atoms with Crippen LogP contribution in [-0.4, -0.2) is 32.4 Å². The van der Waals surface area contributed by atoms with Crippen molar-refractivity contribution in [2.45, 2.75) is 51.0 Å². The number of carboxylic acids is 1. The largest absolute Gasteiger partial charge is 0.480 e. The first-order chi connectivity index (χ1) is 9.65. The van der Waals surface area contributed by atoms with Gasteiger partial charge < -0.3 is 5.11 Å². The van der Waals surface area contributed by atoms with Crippen LogP contribution < -0.4 is 5.32 Å². The fourth-order valence-electron chi connectivity index (χ4n) is 2.54. The minimum absolute atomic E-state index is 0.0871. The van der Waals surface area contributed by atoms with Gasteiger partial charge in [0.15, 0.2) is 5.69 Å². The first-order valence-electron chi connectivity index (χ1n) is 6.77. The number of aliphatic carboxylic acids is 1. The number of nitrogens with one attached hydrogen (secondary N) is 1. The lowest BCUT2D eigenvalue weighted by molar-refractivity contribution is -0.147. The van der Waals surface area contributed by atoms with Gasteiger partial charge in [-0.1, -0.05) is 0 Å². The molecule has 0 spiro atoms. The summed E-state index contributed by atoms with van der Waals surface area (Å²) in [6.07, 6.45) is -1.86. The molecule has 1 aliphatic rings. The van der Waals surface area contributed by atoms with Crippen molar-refractivity contribution in [2.75, 3.05) is 0 Å². The van der Waals surface area contributed by atoms with Crippen LogP contribution in [-0.2, 0) is 17.5 Å². The van der Waals surface area contributed by atoms with Gasteiger partial charge in [-0.05, 0) is 38.7 Å². The summed E-state index contributed by atoms with van der Waals surface area (Å²) < 4.78 is 38.8. The van der Waals surface area contributed by atoms with Crippen molar-refractivity contribution in [1.29, 1.82) is 0 Å². The standard InChI is InChI=1S/C13H18F3N3O2/c1-8(2)17-12(11(20)21,9-3-4-9)7-19-6-5-10(18-19)13(14,15)16/h5-6,8-9,17H,3-4,7H2,1-2H3,(H,20,21). The maximum Gasteiger partial charge on any atom is 0.435 e. The zero-order valence-electron chi connectivity index (χ0n) is 11.8. The third kappa shape index (κ3) is 3.37. The lowest BCUT2D eigenvalue weighted by Gasteiger charge is -2.32. The molecule has 0 aliphatic heterocycles. The highest BCUT2D eigenvalue weighted by Crippen LogP contribution is 2.41. The maximum atomic E-state index is 12.6. The molecule has 1 heterocycles. The van der Waals surface area contributed by atoms with Crippen LogP contribution in [0.25, 0.3) is 0 Å². The van der Waals surface area contributed by atoms with Crippen molar-refractivity contribution < 1.29 is 23.1 Å². The van der Waals surface area contributed by atoms with E-state index < -0.39 is 23.4 Å². The molecule has 0 amide bonds. The number of hydrogen-bond donors (Lipinski definition) is 2. The highest BCUT2D eigenvalue weighted by molar-refractivity contribution is 5.79. The summed E-state index contributed by atoms with van der Waals surface area (Å²) in [4.78, 5) is 11.7. The third-order valence-electron chi connectivity index (χ3n) is 3.54. The van der Waals surface area contributed by atoms with Crippen LogP contribution in [0, 0.1) is 5.92 Å². The van der Waals surface area contributed by atoms with Gasteiger partial charge in [-0.15, -0.1) is 0 Å². The first-order valence-corrected chi connectivity index (χ1v) is 6.77. The minimum atomic E-state index is -4.53. The van der Waals surface area contributed by atoms with Crippen molar-refractivity contribution in [1.82, 2.24) is 15.1 Å². The molecule has 5 nitrogen and oxygen atoms in total. The summed E-state index contributed by atoms with van der Waals surface area (Å²) in [6, 6.07) is 0.758. The predicted molar refractivity (Wildman–Crippen MR) is 68.6 cm³/mol. The fourth-order valence-corrected chi connectivity index (χ4v) is 2.54. The number of nitrogens with zero attached hydrogens (tertiary/aromatic N) is 2. The molecule has 1 saturated carbocycles. The molecule has 8 heteroatoms. The smallest absolute Gasteiger partial charge is 0.435 e. The number of rotatable bonds is 6. The first kappa shape index (κ1) is 15.8. The van der Waals surface area contributed by atoms with E-state index in [2.05, 4.69) is 10.4 Å². The predicted octanol–water partition coefficient (Wildman–Crippen LogP) is 2.13. The number of aromatic nitrogens is 2. The highest BCUT2D eigenvalue weighted by atomic mass is 19.4. The molecule has 1 atom stereocenters. The molecule has 1 aliphatic carbocycles. The number of carbonyl (C=O) groups is 1. The van der Waals surface area contributed by atoms with Crippen molar-refractivity contribution in [3.63, 3.8) is 0 Å². The van der Waals surface area contributed by atoms with Gasteiger partial charge in [-0.2, -0.15) is 18.3 Å². The van der Waals surface area contributed by atoms with Crippen molar-refractivity contribution in [3.05, 3.63) is 18.0 Å². The van der Waals surface area contributed by atoms with Gasteiger partial charge in [0, 0.05) is 12.2 Å². The molecular formula is C13H18F3N3O2. The average Bonchev–Trinajstić information content (AvgIpc) is 3.07. The van der Waals surface area contributed by atoms with E-state index in [4.69, 9.17) is 0 Å². The van der Waals surface area contributed by atoms with Gasteiger partial charge in [-0.3, -0.25) is 14.8 Å². The summed E-state index contributed by atoms with van der Waals surface area (Å²) in [5, 5.41) is 16.0. The second-order valence-electron chi connectivity index (χ2n) is 5.75. The summed E-state index contributed by atoms with van der Waals surface area (Å²) in [5.74, 6) is -1.14. The van der Waals surface area contributed by atoms with Gasteiger partial charge in [0.2, 0.25) is 0 Å². The van der Waals surface area contributed by atoms with E-state index >= 15 is 0 Å². The zero-order valence-corrected chi connectivity index (χ0v) is 11.8. The molecule has 0 saturated heterocycles. The van der Waals surface area contributed by atoms with Gasteiger partial charge in [0.1, 0.15) is 5.54 Å². The molecule has 0 bridgehead atoms. The Kier molecular flexibility index (Phi) is 4.01. The minimum Gasteiger partial charge on any atom is -0.480 e. The molecule has 2 rings (SSSR count). The van der Waals surface area contributed by atoms with Crippen molar-refractivity contribution in [2.24, 2.45) is 5.92 Å². The van der Waals surface area contributed by atoms with Crippen molar-refractivity contribution >= 4 is 5.97 Å². The molecule has 2 N–H and O–H groups in total. The Balaban J connectivity index is 2.26. The van der Waals surface area contributed by atoms with Gasteiger partial charge in [-0.25, -0.2) is 0 Å². The molecule has 21 heavy (non-hydrogen) atoms. The molecule has 118 valence electrons. The SMILES string of the molecule is CC(C)NC(Cn1ccc(C(F)(F)F)n1)(C(=O)O)C1CC1. The summed E-state index contributed by atoms with van der Waals surface area (Å²) in [7, 11) is 0. The van der Waals surface area contributed by atoms with Crippen LogP contribution in [0.5, 0.6) is 0 Å². The van der Waals surface area contributed by atoms with E-state index in [1.807, 2.05) is 13.8 Å². The van der Waals surface area contributed by atoms with Crippen LogP contribution >= 0.6 is 0 Å². The fraction of sp³-hybridized carbons (Fsp3) is 0.692. The van der Waals surface area contributed by atoms with Crippen LogP contribution in [0.15, 0.2) is 12.3 Å². The van der Waals surface area contributed by atoms with Crippen molar-refractivity contribution in [3.8, 4) is 0 Å². The highest BCUT2D eigenvalue weighted by Gasteiger charge is 2.52. The number of alkyl halides is 3. The second-order valence-corrected chi connectivity index (χ2v) is 5.75. The number of halogens is 3. The molecular weight excluding hydrogens is 287 g/mol.